The van der Waals surface area contributed by atoms with Gasteiger partial charge in [0.15, 0.2) is 0 Å². The van der Waals surface area contributed by atoms with Crippen LogP contribution in [-0.2, 0) is 0 Å². The average molecular weight is 192 g/mol. The molecule has 0 bridgehead atoms. The van der Waals surface area contributed by atoms with Gasteiger partial charge in [-0.05, 0) is 30.7 Å². The molecule has 0 saturated carbocycles. The maximum absolute atomic E-state index is 10.0. The summed E-state index contributed by atoms with van der Waals surface area (Å²) in [4.78, 5) is 0. The van der Waals surface area contributed by atoms with Gasteiger partial charge in [0.2, 0.25) is 0 Å². The van der Waals surface area contributed by atoms with Gasteiger partial charge in [-0.3, -0.25) is 0 Å². The summed E-state index contributed by atoms with van der Waals surface area (Å²) in [6.45, 7) is 1.90. The maximum Gasteiger partial charge on any atom is 0.0831 e. The molecular weight excluding hydrogens is 176 g/mol. The van der Waals surface area contributed by atoms with E-state index in [1.54, 1.807) is 0 Å². The fraction of sp³-hybridized carbons (Fsp3) is 0.455. The molecule has 1 aliphatic heterocycles. The third-order valence-electron chi connectivity index (χ3n) is 2.80. The molecule has 76 valence electrons. The molecule has 14 heavy (non-hydrogen) atoms. The van der Waals surface area contributed by atoms with Crippen LogP contribution < -0.4 is 11.1 Å². The third-order valence-corrected chi connectivity index (χ3v) is 2.80. The summed E-state index contributed by atoms with van der Waals surface area (Å²) in [5.41, 5.74) is 7.31. The highest BCUT2D eigenvalue weighted by Crippen LogP contribution is 2.27. The molecule has 0 radical (unpaired) electrons. The SMILES string of the molecule is Nc1cccc(C(O)C2CCNC2)c1. The minimum Gasteiger partial charge on any atom is -0.399 e. The molecule has 2 rings (SSSR count). The van der Waals surface area contributed by atoms with Gasteiger partial charge in [-0.2, -0.15) is 0 Å². The van der Waals surface area contributed by atoms with Gasteiger partial charge in [0.05, 0.1) is 6.10 Å². The Kier molecular flexibility index (Phi) is 2.70. The van der Waals surface area contributed by atoms with Crippen molar-refractivity contribution in [1.82, 2.24) is 5.32 Å². The highest BCUT2D eigenvalue weighted by Gasteiger charge is 2.23. The normalized spacial score (nSPS) is 23.6. The molecule has 3 heteroatoms. The molecule has 3 nitrogen and oxygen atoms in total. The van der Waals surface area contributed by atoms with Crippen molar-refractivity contribution in [2.24, 2.45) is 5.92 Å². The first-order valence-corrected chi connectivity index (χ1v) is 5.01. The number of hydrogen-bond donors (Lipinski definition) is 3. The van der Waals surface area contributed by atoms with Crippen molar-refractivity contribution in [3.8, 4) is 0 Å². The topological polar surface area (TPSA) is 58.3 Å². The van der Waals surface area contributed by atoms with Crippen LogP contribution in [0.4, 0.5) is 5.69 Å². The summed E-state index contributed by atoms with van der Waals surface area (Å²) >= 11 is 0. The number of aliphatic hydroxyl groups is 1. The van der Waals surface area contributed by atoms with E-state index in [0.29, 0.717) is 11.6 Å². The molecule has 0 aromatic heterocycles. The lowest BCUT2D eigenvalue weighted by Gasteiger charge is -2.17. The Morgan fingerprint density at radius 2 is 2.36 bits per heavy atom. The van der Waals surface area contributed by atoms with Gasteiger partial charge in [0.1, 0.15) is 0 Å². The molecule has 4 N–H and O–H groups in total. The standard InChI is InChI=1S/C11H16N2O/c12-10-3-1-2-8(6-10)11(14)9-4-5-13-7-9/h1-3,6,9,11,13-14H,4-5,7,12H2. The Morgan fingerprint density at radius 3 is 3.00 bits per heavy atom. The molecule has 2 atom stereocenters. The molecule has 2 unspecified atom stereocenters. The van der Waals surface area contributed by atoms with Crippen LogP contribution in [0.2, 0.25) is 0 Å². The first-order chi connectivity index (χ1) is 6.77. The van der Waals surface area contributed by atoms with Crippen LogP contribution in [0, 0.1) is 5.92 Å². The summed E-state index contributed by atoms with van der Waals surface area (Å²) < 4.78 is 0. The van der Waals surface area contributed by atoms with Gasteiger partial charge < -0.3 is 16.2 Å². The highest BCUT2D eigenvalue weighted by atomic mass is 16.3. The first-order valence-electron chi connectivity index (χ1n) is 5.01. The second-order valence-corrected chi connectivity index (χ2v) is 3.87. The Bertz CT molecular complexity index is 308. The van der Waals surface area contributed by atoms with Gasteiger partial charge in [0, 0.05) is 18.2 Å². The first kappa shape index (κ1) is 9.49. The summed E-state index contributed by atoms with van der Waals surface area (Å²) in [5, 5.41) is 13.3. The number of nitrogen functional groups attached to an aromatic ring is 1. The predicted octanol–water partition coefficient (Wildman–Crippen LogP) is 0.912. The summed E-state index contributed by atoms with van der Waals surface area (Å²) in [6.07, 6.45) is 0.657. The number of nitrogens with one attached hydrogen (secondary N) is 1. The quantitative estimate of drug-likeness (QED) is 0.610. The van der Waals surface area contributed by atoms with E-state index in [0.717, 1.165) is 25.1 Å². The number of aliphatic hydroxyl groups excluding tert-OH is 1. The molecule has 0 aliphatic carbocycles. The fourth-order valence-electron chi connectivity index (χ4n) is 1.96. The number of rotatable bonds is 2. The molecule has 0 spiro atoms. The van der Waals surface area contributed by atoms with E-state index in [1.807, 2.05) is 24.3 Å². The van der Waals surface area contributed by atoms with Crippen LogP contribution in [-0.4, -0.2) is 18.2 Å². The molecule has 1 heterocycles. The molecular formula is C11H16N2O. The average Bonchev–Trinajstić information content (AvgIpc) is 2.69. The van der Waals surface area contributed by atoms with Crippen molar-refractivity contribution < 1.29 is 5.11 Å². The van der Waals surface area contributed by atoms with Crippen molar-refractivity contribution in [2.45, 2.75) is 12.5 Å². The van der Waals surface area contributed by atoms with Crippen LogP contribution in [0.1, 0.15) is 18.1 Å². The zero-order valence-corrected chi connectivity index (χ0v) is 8.11. The van der Waals surface area contributed by atoms with Crippen molar-refractivity contribution in [3.63, 3.8) is 0 Å². The Morgan fingerprint density at radius 1 is 1.50 bits per heavy atom. The van der Waals surface area contributed by atoms with E-state index in [2.05, 4.69) is 5.32 Å². The van der Waals surface area contributed by atoms with Crippen molar-refractivity contribution in [3.05, 3.63) is 29.8 Å². The van der Waals surface area contributed by atoms with E-state index >= 15 is 0 Å². The zero-order chi connectivity index (χ0) is 9.97. The summed E-state index contributed by atoms with van der Waals surface area (Å²) in [5.74, 6) is 0.330. The summed E-state index contributed by atoms with van der Waals surface area (Å²) in [6, 6.07) is 7.50. The number of nitrogens with two attached hydrogens (primary N) is 1. The predicted molar refractivity (Wildman–Crippen MR) is 56.8 cm³/mol. The van der Waals surface area contributed by atoms with Gasteiger partial charge in [0.25, 0.3) is 0 Å². The molecule has 1 aromatic rings. The minimum absolute atomic E-state index is 0.330. The third kappa shape index (κ3) is 1.89. The zero-order valence-electron chi connectivity index (χ0n) is 8.11. The van der Waals surface area contributed by atoms with E-state index in [1.165, 1.54) is 0 Å². The van der Waals surface area contributed by atoms with Crippen LogP contribution in [0.3, 0.4) is 0 Å². The summed E-state index contributed by atoms with van der Waals surface area (Å²) in [7, 11) is 0. The Balaban J connectivity index is 2.13. The Hall–Kier alpha value is -1.06. The fourth-order valence-corrected chi connectivity index (χ4v) is 1.96. The lowest BCUT2D eigenvalue weighted by Crippen LogP contribution is -2.16. The van der Waals surface area contributed by atoms with E-state index in [-0.39, 0.29) is 6.10 Å². The Labute approximate surface area is 83.9 Å². The number of hydrogen-bond acceptors (Lipinski definition) is 3. The lowest BCUT2D eigenvalue weighted by atomic mass is 9.95. The van der Waals surface area contributed by atoms with Gasteiger partial charge >= 0.3 is 0 Å². The van der Waals surface area contributed by atoms with Crippen LogP contribution in [0.25, 0.3) is 0 Å². The maximum atomic E-state index is 10.0. The highest BCUT2D eigenvalue weighted by molar-refractivity contribution is 5.41. The molecule has 1 aromatic carbocycles. The minimum atomic E-state index is -0.381. The van der Waals surface area contributed by atoms with Crippen LogP contribution >= 0.6 is 0 Å². The number of benzene rings is 1. The monoisotopic (exact) mass is 192 g/mol. The lowest BCUT2D eigenvalue weighted by molar-refractivity contribution is 0.118. The van der Waals surface area contributed by atoms with Gasteiger partial charge in [-0.1, -0.05) is 12.1 Å². The van der Waals surface area contributed by atoms with Crippen LogP contribution in [0.5, 0.6) is 0 Å². The molecule has 1 fully saturated rings. The molecule has 1 aliphatic rings. The van der Waals surface area contributed by atoms with E-state index < -0.39 is 0 Å². The number of anilines is 1. The van der Waals surface area contributed by atoms with E-state index in [4.69, 9.17) is 5.73 Å². The van der Waals surface area contributed by atoms with Gasteiger partial charge in [-0.15, -0.1) is 0 Å². The van der Waals surface area contributed by atoms with Crippen molar-refractivity contribution in [2.75, 3.05) is 18.8 Å². The van der Waals surface area contributed by atoms with Crippen LogP contribution in [0.15, 0.2) is 24.3 Å². The van der Waals surface area contributed by atoms with E-state index in [9.17, 15) is 5.11 Å². The van der Waals surface area contributed by atoms with Crippen molar-refractivity contribution in [1.29, 1.82) is 0 Å². The molecule has 0 amide bonds. The smallest absolute Gasteiger partial charge is 0.0831 e. The second kappa shape index (κ2) is 3.98. The van der Waals surface area contributed by atoms with Crippen molar-refractivity contribution >= 4 is 5.69 Å². The second-order valence-electron chi connectivity index (χ2n) is 3.87. The van der Waals surface area contributed by atoms with Gasteiger partial charge in [-0.25, -0.2) is 0 Å². The molecule has 1 saturated heterocycles. The largest absolute Gasteiger partial charge is 0.399 e.